The third-order valence-electron chi connectivity index (χ3n) is 3.00. The van der Waals surface area contributed by atoms with Gasteiger partial charge in [-0.3, -0.25) is 4.79 Å². The number of carbonyl (C=O) groups excluding carboxylic acids is 1. The number of amides is 1. The smallest absolute Gasteiger partial charge is 0.251 e. The van der Waals surface area contributed by atoms with E-state index in [1.807, 2.05) is 13.8 Å². The molecule has 0 unspecified atom stereocenters. The van der Waals surface area contributed by atoms with Crippen molar-refractivity contribution < 1.29 is 14.3 Å². The van der Waals surface area contributed by atoms with Gasteiger partial charge in [0, 0.05) is 18.7 Å². The Labute approximate surface area is 112 Å². The number of nitrogens with two attached hydrogens (primary N) is 1. The molecule has 1 aromatic carbocycles. The zero-order chi connectivity index (χ0) is 14.5. The van der Waals surface area contributed by atoms with Gasteiger partial charge < -0.3 is 16.2 Å². The van der Waals surface area contributed by atoms with Crippen LogP contribution in [0.25, 0.3) is 0 Å². The van der Waals surface area contributed by atoms with Gasteiger partial charge in [0.1, 0.15) is 5.82 Å². The van der Waals surface area contributed by atoms with Gasteiger partial charge in [-0.2, -0.15) is 0 Å². The number of hydrogen-bond acceptors (Lipinski definition) is 3. The predicted octanol–water partition coefficient (Wildman–Crippen LogP) is 1.94. The van der Waals surface area contributed by atoms with Gasteiger partial charge in [0.05, 0.1) is 5.69 Å². The molecule has 0 aliphatic rings. The van der Waals surface area contributed by atoms with E-state index >= 15 is 0 Å². The quantitative estimate of drug-likeness (QED) is 0.690. The van der Waals surface area contributed by atoms with Crippen LogP contribution in [-0.4, -0.2) is 24.2 Å². The van der Waals surface area contributed by atoms with E-state index in [4.69, 9.17) is 10.8 Å². The first kappa shape index (κ1) is 15.4. The first-order valence-corrected chi connectivity index (χ1v) is 6.30. The second kappa shape index (κ2) is 6.52. The van der Waals surface area contributed by atoms with Gasteiger partial charge in [0.15, 0.2) is 0 Å². The van der Waals surface area contributed by atoms with E-state index in [1.54, 1.807) is 0 Å². The number of nitrogens with one attached hydrogen (secondary N) is 1. The fourth-order valence-electron chi connectivity index (χ4n) is 1.75. The maximum atomic E-state index is 13.0. The Balaban J connectivity index is 2.57. The number of hydrogen-bond donors (Lipinski definition) is 3. The topological polar surface area (TPSA) is 75.3 Å². The normalized spacial score (nSPS) is 11.4. The van der Waals surface area contributed by atoms with Gasteiger partial charge in [0.2, 0.25) is 0 Å². The van der Waals surface area contributed by atoms with Crippen molar-refractivity contribution in [3.63, 3.8) is 0 Å². The summed E-state index contributed by atoms with van der Waals surface area (Å²) in [6, 6.07) is 3.91. The Bertz CT molecular complexity index is 447. The number of nitrogen functional groups attached to an aromatic ring is 1. The number of rotatable bonds is 6. The molecule has 0 bridgehead atoms. The molecule has 106 valence electrons. The third kappa shape index (κ3) is 4.87. The highest BCUT2D eigenvalue weighted by atomic mass is 19.1. The first-order chi connectivity index (χ1) is 8.85. The highest BCUT2D eigenvalue weighted by Gasteiger charge is 2.19. The van der Waals surface area contributed by atoms with Crippen molar-refractivity contribution >= 4 is 11.6 Å². The molecule has 0 radical (unpaired) electrons. The molecule has 1 rings (SSSR count). The molecule has 0 aliphatic heterocycles. The van der Waals surface area contributed by atoms with E-state index in [0.29, 0.717) is 18.5 Å². The summed E-state index contributed by atoms with van der Waals surface area (Å²) < 4.78 is 13.0. The number of aliphatic hydroxyl groups is 1. The molecule has 5 heteroatoms. The summed E-state index contributed by atoms with van der Waals surface area (Å²) in [5, 5.41) is 11.6. The highest BCUT2D eigenvalue weighted by molar-refractivity contribution is 5.95. The Morgan fingerprint density at radius 2 is 2.16 bits per heavy atom. The number of anilines is 1. The maximum Gasteiger partial charge on any atom is 0.251 e. The second-order valence-corrected chi connectivity index (χ2v) is 5.41. The maximum absolute atomic E-state index is 13.0. The molecule has 0 spiro atoms. The van der Waals surface area contributed by atoms with Crippen molar-refractivity contribution in [2.75, 3.05) is 18.9 Å². The molecule has 4 N–H and O–H groups in total. The zero-order valence-electron chi connectivity index (χ0n) is 11.4. The van der Waals surface area contributed by atoms with E-state index < -0.39 is 5.82 Å². The van der Waals surface area contributed by atoms with Crippen molar-refractivity contribution in [2.45, 2.75) is 26.7 Å². The van der Waals surface area contributed by atoms with Crippen LogP contribution in [0.2, 0.25) is 0 Å². The lowest BCUT2D eigenvalue weighted by Gasteiger charge is -2.24. The molecule has 19 heavy (non-hydrogen) atoms. The van der Waals surface area contributed by atoms with E-state index in [-0.39, 0.29) is 23.6 Å². The van der Waals surface area contributed by atoms with E-state index in [2.05, 4.69) is 5.32 Å². The van der Waals surface area contributed by atoms with Crippen LogP contribution in [0.3, 0.4) is 0 Å². The standard InChI is InChI=1S/C14H21FN2O2/c1-14(2,6-3-7-18)9-17-13(19)10-4-5-11(15)12(16)8-10/h4-5,8,18H,3,6-7,9,16H2,1-2H3,(H,17,19). The Morgan fingerprint density at radius 1 is 1.47 bits per heavy atom. The van der Waals surface area contributed by atoms with Crippen LogP contribution in [0.4, 0.5) is 10.1 Å². The van der Waals surface area contributed by atoms with Gasteiger partial charge in [0.25, 0.3) is 5.91 Å². The molecular formula is C14H21FN2O2. The lowest BCUT2D eigenvalue weighted by molar-refractivity contribution is 0.0933. The molecule has 4 nitrogen and oxygen atoms in total. The van der Waals surface area contributed by atoms with E-state index in [9.17, 15) is 9.18 Å². The van der Waals surface area contributed by atoms with Gasteiger partial charge >= 0.3 is 0 Å². The fourth-order valence-corrected chi connectivity index (χ4v) is 1.75. The third-order valence-corrected chi connectivity index (χ3v) is 3.00. The van der Waals surface area contributed by atoms with Crippen molar-refractivity contribution in [1.29, 1.82) is 0 Å². The van der Waals surface area contributed by atoms with Crippen molar-refractivity contribution in [2.24, 2.45) is 5.41 Å². The summed E-state index contributed by atoms with van der Waals surface area (Å²) >= 11 is 0. The molecule has 0 heterocycles. The summed E-state index contributed by atoms with van der Waals surface area (Å²) in [5.41, 5.74) is 5.64. The summed E-state index contributed by atoms with van der Waals surface area (Å²) in [5.74, 6) is -0.802. The minimum absolute atomic E-state index is 0.0350. The lowest BCUT2D eigenvalue weighted by atomic mass is 9.88. The Hall–Kier alpha value is -1.62. The lowest BCUT2D eigenvalue weighted by Crippen LogP contribution is -2.34. The largest absolute Gasteiger partial charge is 0.396 e. The average Bonchev–Trinajstić information content (AvgIpc) is 2.37. The Kier molecular flexibility index (Phi) is 5.30. The number of aliphatic hydroxyl groups excluding tert-OH is 1. The molecular weight excluding hydrogens is 247 g/mol. The minimum Gasteiger partial charge on any atom is -0.396 e. The van der Waals surface area contributed by atoms with Crippen molar-refractivity contribution in [3.8, 4) is 0 Å². The van der Waals surface area contributed by atoms with Crippen LogP contribution < -0.4 is 11.1 Å². The van der Waals surface area contributed by atoms with E-state index in [0.717, 1.165) is 6.42 Å². The van der Waals surface area contributed by atoms with Gasteiger partial charge in [-0.25, -0.2) is 4.39 Å². The molecule has 0 saturated carbocycles. The van der Waals surface area contributed by atoms with Gasteiger partial charge in [-0.15, -0.1) is 0 Å². The van der Waals surface area contributed by atoms with Gasteiger partial charge in [-0.05, 0) is 36.5 Å². The SMILES string of the molecule is CC(C)(CCCO)CNC(=O)c1ccc(F)c(N)c1. The summed E-state index contributed by atoms with van der Waals surface area (Å²) in [6.45, 7) is 4.67. The summed E-state index contributed by atoms with van der Waals surface area (Å²) in [6.07, 6.45) is 1.52. The zero-order valence-corrected chi connectivity index (χ0v) is 11.4. The molecule has 1 aromatic rings. The molecule has 0 aliphatic carbocycles. The van der Waals surface area contributed by atoms with Crippen LogP contribution in [0, 0.1) is 11.2 Å². The number of benzene rings is 1. The number of carbonyl (C=O) groups is 1. The van der Waals surface area contributed by atoms with Crippen LogP contribution >= 0.6 is 0 Å². The molecule has 0 saturated heterocycles. The molecule has 1 amide bonds. The van der Waals surface area contributed by atoms with Crippen LogP contribution in [0.5, 0.6) is 0 Å². The van der Waals surface area contributed by atoms with Crippen LogP contribution in [0.1, 0.15) is 37.0 Å². The predicted molar refractivity (Wildman–Crippen MR) is 73.2 cm³/mol. The van der Waals surface area contributed by atoms with Crippen LogP contribution in [0.15, 0.2) is 18.2 Å². The van der Waals surface area contributed by atoms with Gasteiger partial charge in [-0.1, -0.05) is 13.8 Å². The summed E-state index contributed by atoms with van der Waals surface area (Å²) in [4.78, 5) is 11.9. The summed E-state index contributed by atoms with van der Waals surface area (Å²) in [7, 11) is 0. The molecule has 0 atom stereocenters. The Morgan fingerprint density at radius 3 is 2.74 bits per heavy atom. The molecule has 0 fully saturated rings. The van der Waals surface area contributed by atoms with Crippen molar-refractivity contribution in [1.82, 2.24) is 5.32 Å². The highest BCUT2D eigenvalue weighted by Crippen LogP contribution is 2.21. The average molecular weight is 268 g/mol. The van der Waals surface area contributed by atoms with E-state index in [1.165, 1.54) is 18.2 Å². The minimum atomic E-state index is -0.528. The monoisotopic (exact) mass is 268 g/mol. The second-order valence-electron chi connectivity index (χ2n) is 5.41. The van der Waals surface area contributed by atoms with Crippen molar-refractivity contribution in [3.05, 3.63) is 29.6 Å². The fraction of sp³-hybridized carbons (Fsp3) is 0.500. The molecule has 0 aromatic heterocycles. The number of halogens is 1. The first-order valence-electron chi connectivity index (χ1n) is 6.30. The van der Waals surface area contributed by atoms with Crippen LogP contribution in [-0.2, 0) is 0 Å².